The number of ether oxygens (including phenoxy) is 3. The number of nitrogens with zero attached hydrogens (tertiary/aromatic N) is 1. The lowest BCUT2D eigenvalue weighted by atomic mass is 9.92. The van der Waals surface area contributed by atoms with Crippen molar-refractivity contribution in [3.63, 3.8) is 0 Å². The van der Waals surface area contributed by atoms with Crippen LogP contribution in [0, 0.1) is 0 Å². The molecule has 0 radical (unpaired) electrons. The summed E-state index contributed by atoms with van der Waals surface area (Å²) in [6.45, 7) is 1.84. The van der Waals surface area contributed by atoms with Gasteiger partial charge >= 0.3 is 0 Å². The van der Waals surface area contributed by atoms with Gasteiger partial charge in [0.05, 0.1) is 24.8 Å². The Balaban J connectivity index is 0.955. The Morgan fingerprint density at radius 1 is 0.929 bits per heavy atom. The Morgan fingerprint density at radius 2 is 1.81 bits per heavy atom. The second-order valence-corrected chi connectivity index (χ2v) is 11.0. The third-order valence-corrected chi connectivity index (χ3v) is 8.12. The van der Waals surface area contributed by atoms with Gasteiger partial charge in [-0.2, -0.15) is 0 Å². The molecule has 6 heteroatoms. The maximum Gasteiger partial charge on any atom is 0.196 e. The van der Waals surface area contributed by atoms with E-state index < -0.39 is 0 Å². The van der Waals surface area contributed by atoms with Crippen molar-refractivity contribution in [1.29, 1.82) is 0 Å². The van der Waals surface area contributed by atoms with Gasteiger partial charge in [-0.05, 0) is 86.1 Å². The zero-order chi connectivity index (χ0) is 28.7. The molecule has 42 heavy (non-hydrogen) atoms. The van der Waals surface area contributed by atoms with Crippen LogP contribution in [0.1, 0.15) is 65.7 Å². The molecule has 1 aliphatic carbocycles. The Kier molecular flexibility index (Phi) is 8.69. The number of carbonyl (C=O) groups is 1. The first-order valence-electron chi connectivity index (χ1n) is 15.1. The first-order chi connectivity index (χ1) is 20.7. The maximum absolute atomic E-state index is 13.1. The van der Waals surface area contributed by atoms with Crippen LogP contribution in [-0.2, 0) is 12.8 Å². The molecule has 0 amide bonds. The molecule has 0 unspecified atom stereocenters. The van der Waals surface area contributed by atoms with Crippen LogP contribution in [0.4, 0.5) is 5.69 Å². The number of ketones is 1. The van der Waals surface area contributed by atoms with Gasteiger partial charge in [-0.25, -0.2) is 0 Å². The van der Waals surface area contributed by atoms with E-state index in [1.54, 1.807) is 13.2 Å². The molecule has 0 spiro atoms. The molecular formula is C36H38N2O4. The minimum absolute atomic E-state index is 0.0143. The summed E-state index contributed by atoms with van der Waals surface area (Å²) in [5, 5.41) is 5.01. The predicted molar refractivity (Wildman–Crippen MR) is 168 cm³/mol. The number of para-hydroxylation sites is 1. The Morgan fingerprint density at radius 3 is 2.74 bits per heavy atom. The van der Waals surface area contributed by atoms with Gasteiger partial charge in [-0.15, -0.1) is 0 Å². The van der Waals surface area contributed by atoms with Crippen LogP contribution >= 0.6 is 0 Å². The minimum atomic E-state index is -0.0143. The number of nitrogens with one attached hydrogen (secondary N) is 1. The van der Waals surface area contributed by atoms with Crippen molar-refractivity contribution < 1.29 is 19.0 Å². The van der Waals surface area contributed by atoms with E-state index in [0.717, 1.165) is 67.6 Å². The number of fused-ring (bicyclic) bond motifs is 3. The molecule has 2 aliphatic rings. The van der Waals surface area contributed by atoms with Crippen molar-refractivity contribution in [2.45, 2.75) is 51.4 Å². The van der Waals surface area contributed by atoms with E-state index in [2.05, 4.69) is 29.6 Å². The molecule has 3 aromatic carbocycles. The minimum Gasteiger partial charge on any atom is -0.497 e. The zero-order valence-corrected chi connectivity index (χ0v) is 24.3. The van der Waals surface area contributed by atoms with Crippen LogP contribution in [0.15, 0.2) is 72.3 Å². The van der Waals surface area contributed by atoms with E-state index in [1.807, 2.05) is 42.5 Å². The SMILES string of the molecule is COc1cccc(/C=C2\COc3cc(OCCCCCCNc4c5c(nc6ccccc46)CCCC5)ccc3C2=O)c1. The summed E-state index contributed by atoms with van der Waals surface area (Å²) in [4.78, 5) is 18.0. The normalized spacial score (nSPS) is 15.2. The number of anilines is 1. The van der Waals surface area contributed by atoms with Crippen LogP contribution in [0.5, 0.6) is 17.2 Å². The summed E-state index contributed by atoms with van der Waals surface area (Å²) in [5.41, 5.74) is 7.20. The number of benzene rings is 3. The molecule has 0 fully saturated rings. The van der Waals surface area contributed by atoms with Crippen LogP contribution in [-0.4, -0.2) is 37.6 Å². The fourth-order valence-electron chi connectivity index (χ4n) is 5.89. The van der Waals surface area contributed by atoms with E-state index in [1.165, 1.54) is 35.2 Å². The highest BCUT2D eigenvalue weighted by Crippen LogP contribution is 2.34. The van der Waals surface area contributed by atoms with Gasteiger partial charge in [0.15, 0.2) is 5.78 Å². The third-order valence-electron chi connectivity index (χ3n) is 8.12. The first-order valence-corrected chi connectivity index (χ1v) is 15.1. The van der Waals surface area contributed by atoms with Crippen LogP contribution < -0.4 is 19.5 Å². The number of methoxy groups -OCH3 is 1. The highest BCUT2D eigenvalue weighted by Gasteiger charge is 2.24. The van der Waals surface area contributed by atoms with E-state index >= 15 is 0 Å². The topological polar surface area (TPSA) is 69.7 Å². The third kappa shape index (κ3) is 6.28. The predicted octanol–water partition coefficient (Wildman–Crippen LogP) is 7.83. The summed E-state index contributed by atoms with van der Waals surface area (Å²) in [6.07, 6.45) is 10.9. The number of Topliss-reactive ketones (excluding diaryl/α,β-unsaturated/α-hetero) is 1. The van der Waals surface area contributed by atoms with Gasteiger partial charge in [0.1, 0.15) is 23.9 Å². The average molecular weight is 563 g/mol. The fourth-order valence-corrected chi connectivity index (χ4v) is 5.89. The summed E-state index contributed by atoms with van der Waals surface area (Å²) in [7, 11) is 1.63. The average Bonchev–Trinajstić information content (AvgIpc) is 3.03. The van der Waals surface area contributed by atoms with Crippen LogP contribution in [0.2, 0.25) is 0 Å². The van der Waals surface area contributed by atoms with Crippen molar-refractivity contribution in [3.05, 3.63) is 94.7 Å². The molecule has 0 atom stereocenters. The molecule has 0 saturated carbocycles. The van der Waals surface area contributed by atoms with Gasteiger partial charge in [0, 0.05) is 35.0 Å². The van der Waals surface area contributed by atoms with Crippen molar-refractivity contribution in [1.82, 2.24) is 4.98 Å². The molecule has 1 N–H and O–H groups in total. The number of hydrogen-bond donors (Lipinski definition) is 1. The van der Waals surface area contributed by atoms with Gasteiger partial charge in [-0.1, -0.05) is 43.2 Å². The first kappa shape index (κ1) is 27.8. The number of carbonyl (C=O) groups excluding carboxylic acids is 1. The van der Waals surface area contributed by atoms with E-state index in [-0.39, 0.29) is 12.4 Å². The monoisotopic (exact) mass is 562 g/mol. The lowest BCUT2D eigenvalue weighted by Gasteiger charge is -2.21. The van der Waals surface area contributed by atoms with Gasteiger partial charge in [0.2, 0.25) is 0 Å². The lowest BCUT2D eigenvalue weighted by molar-refractivity contribution is 0.100. The summed E-state index contributed by atoms with van der Waals surface area (Å²) in [6, 6.07) is 21.6. The lowest BCUT2D eigenvalue weighted by Crippen LogP contribution is -2.19. The smallest absolute Gasteiger partial charge is 0.196 e. The molecule has 1 aromatic heterocycles. The summed E-state index contributed by atoms with van der Waals surface area (Å²) < 4.78 is 17.2. The van der Waals surface area contributed by atoms with Crippen LogP contribution in [0.3, 0.4) is 0 Å². The largest absolute Gasteiger partial charge is 0.497 e. The van der Waals surface area contributed by atoms with E-state index in [4.69, 9.17) is 19.2 Å². The maximum atomic E-state index is 13.1. The summed E-state index contributed by atoms with van der Waals surface area (Å²) >= 11 is 0. The molecule has 0 bridgehead atoms. The molecule has 216 valence electrons. The van der Waals surface area contributed by atoms with Crippen molar-refractivity contribution in [2.24, 2.45) is 0 Å². The fraction of sp³-hybridized carbons (Fsp3) is 0.333. The molecule has 0 saturated heterocycles. The van der Waals surface area contributed by atoms with Gasteiger partial charge in [-0.3, -0.25) is 9.78 Å². The highest BCUT2D eigenvalue weighted by molar-refractivity contribution is 6.14. The zero-order valence-electron chi connectivity index (χ0n) is 24.3. The number of aromatic nitrogens is 1. The van der Waals surface area contributed by atoms with Crippen molar-refractivity contribution >= 4 is 28.4 Å². The number of hydrogen-bond acceptors (Lipinski definition) is 6. The second-order valence-electron chi connectivity index (χ2n) is 11.0. The Labute approximate surface area is 247 Å². The number of pyridine rings is 1. The van der Waals surface area contributed by atoms with Crippen LogP contribution in [0.25, 0.3) is 17.0 Å². The van der Waals surface area contributed by atoms with Gasteiger partial charge < -0.3 is 19.5 Å². The van der Waals surface area contributed by atoms with Crippen molar-refractivity contribution in [2.75, 3.05) is 32.2 Å². The highest BCUT2D eigenvalue weighted by atomic mass is 16.5. The van der Waals surface area contributed by atoms with Crippen molar-refractivity contribution in [3.8, 4) is 17.2 Å². The Hall–Kier alpha value is -4.32. The van der Waals surface area contributed by atoms with Gasteiger partial charge in [0.25, 0.3) is 0 Å². The number of aryl methyl sites for hydroxylation is 1. The quantitative estimate of drug-likeness (QED) is 0.148. The molecule has 6 nitrogen and oxygen atoms in total. The Bertz CT molecular complexity index is 1610. The van der Waals surface area contributed by atoms with E-state index in [9.17, 15) is 4.79 Å². The number of unbranched alkanes of at least 4 members (excludes halogenated alkanes) is 3. The molecule has 2 heterocycles. The molecule has 4 aromatic rings. The molecular weight excluding hydrogens is 524 g/mol. The second kappa shape index (κ2) is 13.1. The molecule has 1 aliphatic heterocycles. The summed E-state index contributed by atoms with van der Waals surface area (Å²) in [5.74, 6) is 2.05. The number of rotatable bonds is 11. The standard InChI is InChI=1S/C36H38N2O4/c1-40-27-12-10-11-25(22-27)21-26-24-42-34-23-28(17-18-31(34)36(26)39)41-20-9-3-2-8-19-37-35-29-13-4-6-15-32(29)38-33-16-7-5-14-30(33)35/h4,6,10-13,15,17-18,21-23H,2-3,5,7-9,14,16,19-20,24H2,1H3,(H,37,38)/b26-21+. The van der Waals surface area contributed by atoms with E-state index in [0.29, 0.717) is 23.5 Å². The molecule has 6 rings (SSSR count).